The van der Waals surface area contributed by atoms with E-state index in [-0.39, 0.29) is 17.9 Å². The number of carbonyl (C=O) groups excluding carboxylic acids is 1. The van der Waals surface area contributed by atoms with Gasteiger partial charge in [-0.1, -0.05) is 29.8 Å². The molecule has 1 atom stereocenters. The molecule has 0 radical (unpaired) electrons. The number of benzene rings is 2. The van der Waals surface area contributed by atoms with Gasteiger partial charge in [0.05, 0.1) is 25.4 Å². The molecule has 3 aromatic rings. The quantitative estimate of drug-likeness (QED) is 0.480. The largest absolute Gasteiger partial charge is 0.497 e. The molecule has 0 bridgehead atoms. The van der Waals surface area contributed by atoms with Gasteiger partial charge in [-0.15, -0.1) is 0 Å². The summed E-state index contributed by atoms with van der Waals surface area (Å²) in [5.74, 6) is 1.61. The molecule has 2 aromatic carbocycles. The minimum absolute atomic E-state index is 0.0271. The third kappa shape index (κ3) is 6.07. The van der Waals surface area contributed by atoms with Gasteiger partial charge in [0.15, 0.2) is 0 Å². The molecule has 1 unspecified atom stereocenters. The molecular formula is C27H30ClN3O3. The molecule has 0 aliphatic carbocycles. The maximum atomic E-state index is 13.9. The van der Waals surface area contributed by atoms with Gasteiger partial charge in [0.2, 0.25) is 5.91 Å². The summed E-state index contributed by atoms with van der Waals surface area (Å²) in [7, 11) is 1.63. The maximum absolute atomic E-state index is 13.9. The first-order chi connectivity index (χ1) is 16.7. The minimum atomic E-state index is -0.333. The molecular weight excluding hydrogens is 450 g/mol. The highest BCUT2D eigenvalue weighted by atomic mass is 35.5. The van der Waals surface area contributed by atoms with Crippen LogP contribution in [0.4, 0.5) is 0 Å². The monoisotopic (exact) mass is 479 g/mol. The first kappa shape index (κ1) is 24.0. The van der Waals surface area contributed by atoms with Gasteiger partial charge in [0.1, 0.15) is 18.1 Å². The van der Waals surface area contributed by atoms with Gasteiger partial charge >= 0.3 is 0 Å². The van der Waals surface area contributed by atoms with E-state index in [2.05, 4.69) is 10.3 Å². The Morgan fingerprint density at radius 2 is 1.76 bits per heavy atom. The number of amides is 1. The zero-order chi connectivity index (χ0) is 23.8. The summed E-state index contributed by atoms with van der Waals surface area (Å²) >= 11 is 6.17. The highest BCUT2D eigenvalue weighted by Crippen LogP contribution is 2.31. The Bertz CT molecular complexity index is 1040. The van der Waals surface area contributed by atoms with Crippen LogP contribution < -0.4 is 14.8 Å². The van der Waals surface area contributed by atoms with E-state index < -0.39 is 0 Å². The number of hydrogen-bond donors (Lipinski definition) is 1. The Morgan fingerprint density at radius 1 is 1.06 bits per heavy atom. The van der Waals surface area contributed by atoms with Crippen LogP contribution in [0.25, 0.3) is 0 Å². The van der Waals surface area contributed by atoms with Gasteiger partial charge in [-0.2, -0.15) is 0 Å². The van der Waals surface area contributed by atoms with E-state index in [0.717, 1.165) is 48.7 Å². The third-order valence-corrected chi connectivity index (χ3v) is 6.35. The molecule has 1 aromatic heterocycles. The van der Waals surface area contributed by atoms with Crippen molar-refractivity contribution in [3.05, 3.63) is 89.2 Å². The first-order valence-corrected chi connectivity index (χ1v) is 12.0. The third-order valence-electron chi connectivity index (χ3n) is 6.10. The van der Waals surface area contributed by atoms with Crippen LogP contribution in [0.2, 0.25) is 5.02 Å². The van der Waals surface area contributed by atoms with Crippen molar-refractivity contribution >= 4 is 17.5 Å². The Balaban J connectivity index is 1.61. The minimum Gasteiger partial charge on any atom is -0.497 e. The zero-order valence-electron chi connectivity index (χ0n) is 19.3. The van der Waals surface area contributed by atoms with Crippen LogP contribution in [0.1, 0.15) is 30.1 Å². The van der Waals surface area contributed by atoms with Crippen molar-refractivity contribution in [2.45, 2.75) is 18.9 Å². The lowest BCUT2D eigenvalue weighted by molar-refractivity contribution is -0.138. The molecule has 7 heteroatoms. The lowest BCUT2D eigenvalue weighted by Gasteiger charge is -2.35. The van der Waals surface area contributed by atoms with E-state index in [9.17, 15) is 4.79 Å². The Kier molecular flexibility index (Phi) is 8.39. The molecule has 0 saturated carbocycles. The summed E-state index contributed by atoms with van der Waals surface area (Å²) in [5.41, 5.74) is 1.78. The average Bonchev–Trinajstić information content (AvgIpc) is 2.90. The van der Waals surface area contributed by atoms with E-state index in [0.29, 0.717) is 18.2 Å². The maximum Gasteiger partial charge on any atom is 0.226 e. The van der Waals surface area contributed by atoms with Gasteiger partial charge in [-0.3, -0.25) is 9.78 Å². The van der Waals surface area contributed by atoms with Crippen molar-refractivity contribution in [3.8, 4) is 11.5 Å². The van der Waals surface area contributed by atoms with E-state index in [1.807, 2.05) is 71.6 Å². The molecule has 4 rings (SSSR count). The molecule has 1 saturated heterocycles. The fourth-order valence-corrected chi connectivity index (χ4v) is 4.42. The number of hydrogen-bond acceptors (Lipinski definition) is 5. The van der Waals surface area contributed by atoms with Crippen molar-refractivity contribution in [3.63, 3.8) is 0 Å². The van der Waals surface area contributed by atoms with Gasteiger partial charge in [-0.25, -0.2) is 0 Å². The normalized spacial score (nSPS) is 14.9. The lowest BCUT2D eigenvalue weighted by atomic mass is 9.93. The van der Waals surface area contributed by atoms with Crippen molar-refractivity contribution in [2.75, 3.05) is 33.4 Å². The van der Waals surface area contributed by atoms with Crippen LogP contribution in [-0.2, 0) is 4.79 Å². The van der Waals surface area contributed by atoms with Crippen LogP contribution in [0.3, 0.4) is 0 Å². The van der Waals surface area contributed by atoms with Gasteiger partial charge < -0.3 is 19.7 Å². The molecule has 178 valence electrons. The molecule has 1 aliphatic heterocycles. The lowest BCUT2D eigenvalue weighted by Crippen LogP contribution is -2.45. The number of rotatable bonds is 9. The Morgan fingerprint density at radius 3 is 2.41 bits per heavy atom. The Labute approximate surface area is 205 Å². The molecule has 34 heavy (non-hydrogen) atoms. The van der Waals surface area contributed by atoms with Gasteiger partial charge in [0, 0.05) is 17.1 Å². The number of piperidine rings is 1. The summed E-state index contributed by atoms with van der Waals surface area (Å²) in [6.45, 7) is 2.49. The average molecular weight is 480 g/mol. The van der Waals surface area contributed by atoms with Crippen LogP contribution in [0.5, 0.6) is 11.5 Å². The summed E-state index contributed by atoms with van der Waals surface area (Å²) in [6.07, 6.45) is 3.41. The fourth-order valence-electron chi connectivity index (χ4n) is 4.30. The second-order valence-corrected chi connectivity index (χ2v) is 8.73. The van der Waals surface area contributed by atoms with E-state index >= 15 is 0 Å². The van der Waals surface area contributed by atoms with Gasteiger partial charge in [0.25, 0.3) is 0 Å². The second-order valence-electron chi connectivity index (χ2n) is 8.29. The van der Waals surface area contributed by atoms with Crippen molar-refractivity contribution in [1.82, 2.24) is 15.2 Å². The number of nitrogens with one attached hydrogen (secondary N) is 1. The number of ether oxygens (including phenoxy) is 2. The highest BCUT2D eigenvalue weighted by molar-refractivity contribution is 6.30. The van der Waals surface area contributed by atoms with Crippen LogP contribution in [0.15, 0.2) is 72.9 Å². The molecule has 1 fully saturated rings. The summed E-state index contributed by atoms with van der Waals surface area (Å²) in [5, 5.41) is 4.00. The molecule has 0 spiro atoms. The predicted molar refractivity (Wildman–Crippen MR) is 133 cm³/mol. The fraction of sp³-hybridized carbons (Fsp3) is 0.333. The number of nitrogens with zero attached hydrogens (tertiary/aromatic N) is 2. The molecule has 1 N–H and O–H groups in total. The number of pyridine rings is 1. The zero-order valence-corrected chi connectivity index (χ0v) is 20.1. The smallest absolute Gasteiger partial charge is 0.226 e. The van der Waals surface area contributed by atoms with Crippen LogP contribution in [-0.4, -0.2) is 49.1 Å². The van der Waals surface area contributed by atoms with Crippen molar-refractivity contribution < 1.29 is 14.3 Å². The number of halogens is 1. The van der Waals surface area contributed by atoms with Crippen molar-refractivity contribution in [1.29, 1.82) is 0 Å². The van der Waals surface area contributed by atoms with E-state index in [4.69, 9.17) is 21.1 Å². The predicted octanol–water partition coefficient (Wildman–Crippen LogP) is 4.74. The summed E-state index contributed by atoms with van der Waals surface area (Å²) < 4.78 is 11.2. The topological polar surface area (TPSA) is 63.7 Å². The standard InChI is InChI=1S/C27H30ClN3O3/c1-33-23-9-11-24(12-10-23)34-19-18-31(27(32)21-13-16-29-17-14-21)26(25-4-2-3-15-30-25)20-5-7-22(28)8-6-20/h2-12,15,21,26,29H,13-14,16-19H2,1H3. The summed E-state index contributed by atoms with van der Waals surface area (Å²) in [4.78, 5) is 20.4. The van der Waals surface area contributed by atoms with Crippen molar-refractivity contribution in [2.24, 2.45) is 5.92 Å². The van der Waals surface area contributed by atoms with Crippen LogP contribution >= 0.6 is 11.6 Å². The van der Waals surface area contributed by atoms with Gasteiger partial charge in [-0.05, 0) is 80.0 Å². The SMILES string of the molecule is COc1ccc(OCCN(C(=O)C2CCNCC2)C(c2ccc(Cl)cc2)c2ccccn2)cc1. The molecule has 1 aliphatic rings. The van der Waals surface area contributed by atoms with E-state index in [1.165, 1.54) is 0 Å². The number of aromatic nitrogens is 1. The number of methoxy groups -OCH3 is 1. The Hall–Kier alpha value is -3.09. The molecule has 2 heterocycles. The molecule has 6 nitrogen and oxygen atoms in total. The van der Waals surface area contributed by atoms with E-state index in [1.54, 1.807) is 13.3 Å². The molecule has 1 amide bonds. The number of carbonyl (C=O) groups is 1. The highest BCUT2D eigenvalue weighted by Gasteiger charge is 2.33. The first-order valence-electron chi connectivity index (χ1n) is 11.6. The summed E-state index contributed by atoms with van der Waals surface area (Å²) in [6, 6.07) is 20.6. The van der Waals surface area contributed by atoms with Crippen LogP contribution in [0, 0.1) is 5.92 Å². The second kappa shape index (κ2) is 11.9.